The Morgan fingerprint density at radius 1 is 1.00 bits per heavy atom. The zero-order valence-electron chi connectivity index (χ0n) is 9.67. The van der Waals surface area contributed by atoms with Gasteiger partial charge in [-0.15, -0.1) is 0 Å². The van der Waals surface area contributed by atoms with Gasteiger partial charge in [0.25, 0.3) is 0 Å². The third-order valence-electron chi connectivity index (χ3n) is 2.60. The average molecular weight is 226 g/mol. The van der Waals surface area contributed by atoms with Crippen molar-refractivity contribution in [2.24, 2.45) is 0 Å². The lowest BCUT2D eigenvalue weighted by Crippen LogP contribution is -2.09. The van der Waals surface area contributed by atoms with E-state index in [9.17, 15) is 4.79 Å². The molecular weight excluding hydrogens is 212 g/mol. The van der Waals surface area contributed by atoms with Gasteiger partial charge in [-0.1, -0.05) is 48.5 Å². The summed E-state index contributed by atoms with van der Waals surface area (Å²) in [5.74, 6) is 0.744. The van der Waals surface area contributed by atoms with Crippen LogP contribution in [0.25, 0.3) is 0 Å². The van der Waals surface area contributed by atoms with Crippen molar-refractivity contribution in [1.82, 2.24) is 0 Å². The van der Waals surface area contributed by atoms with Crippen LogP contribution in [-0.4, -0.2) is 6.29 Å². The molecule has 86 valence electrons. The van der Waals surface area contributed by atoms with E-state index in [1.54, 1.807) is 0 Å². The van der Waals surface area contributed by atoms with E-state index in [4.69, 9.17) is 4.74 Å². The highest BCUT2D eigenvalue weighted by molar-refractivity contribution is 5.60. The third-order valence-corrected chi connectivity index (χ3v) is 2.60. The molecule has 0 aliphatic carbocycles. The van der Waals surface area contributed by atoms with Gasteiger partial charge < -0.3 is 4.74 Å². The number of benzene rings is 2. The van der Waals surface area contributed by atoms with Gasteiger partial charge in [-0.2, -0.15) is 0 Å². The Bertz CT molecular complexity index is 491. The summed E-state index contributed by atoms with van der Waals surface area (Å²) in [6, 6.07) is 17.2. The summed E-state index contributed by atoms with van der Waals surface area (Å²) >= 11 is 0. The molecule has 0 amide bonds. The van der Waals surface area contributed by atoms with Crippen LogP contribution in [0.4, 0.5) is 0 Å². The van der Waals surface area contributed by atoms with Crippen LogP contribution >= 0.6 is 0 Å². The van der Waals surface area contributed by atoms with Crippen LogP contribution in [0.15, 0.2) is 54.6 Å². The third kappa shape index (κ3) is 2.72. The van der Waals surface area contributed by atoms with Crippen molar-refractivity contribution in [3.05, 3.63) is 65.7 Å². The Balaban J connectivity index is 2.22. The molecule has 2 heteroatoms. The fourth-order valence-electron chi connectivity index (χ4n) is 1.64. The topological polar surface area (TPSA) is 26.3 Å². The van der Waals surface area contributed by atoms with Crippen LogP contribution in [0, 0.1) is 6.92 Å². The first kappa shape index (κ1) is 11.4. The predicted molar refractivity (Wildman–Crippen MR) is 67.1 cm³/mol. The molecule has 0 heterocycles. The number of aryl methyl sites for hydroxylation is 1. The van der Waals surface area contributed by atoms with Crippen LogP contribution in [0.1, 0.15) is 17.2 Å². The second-order valence-corrected chi connectivity index (χ2v) is 3.85. The number of hydrogen-bond donors (Lipinski definition) is 0. The Labute approximate surface area is 101 Å². The summed E-state index contributed by atoms with van der Waals surface area (Å²) in [4.78, 5) is 11.1. The van der Waals surface area contributed by atoms with E-state index in [2.05, 4.69) is 0 Å². The highest BCUT2D eigenvalue weighted by Gasteiger charge is 2.12. The minimum atomic E-state index is -0.544. The van der Waals surface area contributed by atoms with Crippen molar-refractivity contribution >= 4 is 6.29 Å². The van der Waals surface area contributed by atoms with E-state index in [0.717, 1.165) is 23.2 Å². The fraction of sp³-hybridized carbons (Fsp3) is 0.133. The Morgan fingerprint density at radius 3 is 2.29 bits per heavy atom. The summed E-state index contributed by atoms with van der Waals surface area (Å²) in [6.07, 6.45) is 0.277. The quantitative estimate of drug-likeness (QED) is 0.747. The first-order chi connectivity index (χ1) is 8.31. The summed E-state index contributed by atoms with van der Waals surface area (Å²) < 4.78 is 5.71. The minimum Gasteiger partial charge on any atom is -0.478 e. The monoisotopic (exact) mass is 226 g/mol. The second-order valence-electron chi connectivity index (χ2n) is 3.85. The molecule has 0 radical (unpaired) electrons. The largest absolute Gasteiger partial charge is 0.478 e. The maximum absolute atomic E-state index is 11.1. The molecule has 0 saturated carbocycles. The molecule has 2 nitrogen and oxygen atoms in total. The van der Waals surface area contributed by atoms with E-state index in [1.807, 2.05) is 61.5 Å². The number of carbonyl (C=O) groups excluding carboxylic acids is 1. The predicted octanol–water partition coefficient (Wildman–Crippen LogP) is 3.31. The molecule has 1 unspecified atom stereocenters. The lowest BCUT2D eigenvalue weighted by Gasteiger charge is -2.15. The molecule has 0 saturated heterocycles. The van der Waals surface area contributed by atoms with Crippen LogP contribution in [0.2, 0.25) is 0 Å². The van der Waals surface area contributed by atoms with Gasteiger partial charge in [0.15, 0.2) is 12.4 Å². The molecule has 17 heavy (non-hydrogen) atoms. The summed E-state index contributed by atoms with van der Waals surface area (Å²) in [7, 11) is 0. The summed E-state index contributed by atoms with van der Waals surface area (Å²) in [5, 5.41) is 0. The van der Waals surface area contributed by atoms with Gasteiger partial charge in [-0.25, -0.2) is 0 Å². The highest BCUT2D eigenvalue weighted by Crippen LogP contribution is 2.23. The van der Waals surface area contributed by atoms with Gasteiger partial charge in [-0.05, 0) is 24.1 Å². The van der Waals surface area contributed by atoms with E-state index >= 15 is 0 Å². The van der Waals surface area contributed by atoms with E-state index in [1.165, 1.54) is 0 Å². The minimum absolute atomic E-state index is 0.544. The summed E-state index contributed by atoms with van der Waals surface area (Å²) in [6.45, 7) is 1.96. The molecule has 2 rings (SSSR count). The maximum Gasteiger partial charge on any atom is 0.179 e. The normalized spacial score (nSPS) is 11.8. The molecule has 0 aliphatic rings. The molecule has 0 bridgehead atoms. The van der Waals surface area contributed by atoms with E-state index in [-0.39, 0.29) is 0 Å². The van der Waals surface area contributed by atoms with Crippen LogP contribution in [0.3, 0.4) is 0 Å². The van der Waals surface area contributed by atoms with Crippen molar-refractivity contribution in [3.8, 4) is 5.75 Å². The molecule has 0 aliphatic heterocycles. The zero-order chi connectivity index (χ0) is 12.1. The average Bonchev–Trinajstić information content (AvgIpc) is 2.39. The number of carbonyl (C=O) groups is 1. The van der Waals surface area contributed by atoms with Crippen molar-refractivity contribution in [2.75, 3.05) is 0 Å². The van der Waals surface area contributed by atoms with Crippen molar-refractivity contribution < 1.29 is 9.53 Å². The molecular formula is C15H14O2. The van der Waals surface area contributed by atoms with Gasteiger partial charge in [0.1, 0.15) is 5.75 Å². The molecule has 0 spiro atoms. The maximum atomic E-state index is 11.1. The first-order valence-corrected chi connectivity index (χ1v) is 5.54. The zero-order valence-corrected chi connectivity index (χ0v) is 9.67. The lowest BCUT2D eigenvalue weighted by molar-refractivity contribution is -0.113. The highest BCUT2D eigenvalue weighted by atomic mass is 16.5. The van der Waals surface area contributed by atoms with Gasteiger partial charge in [0, 0.05) is 0 Å². The molecule has 2 aromatic carbocycles. The standard InChI is InChI=1S/C15H14O2/c1-12-7-5-6-10-14(12)17-15(11-16)13-8-3-2-4-9-13/h2-11,15H,1H3. The Kier molecular flexibility index (Phi) is 3.55. The van der Waals surface area contributed by atoms with E-state index < -0.39 is 6.10 Å². The van der Waals surface area contributed by atoms with Crippen LogP contribution in [0.5, 0.6) is 5.75 Å². The van der Waals surface area contributed by atoms with Gasteiger partial charge in [0.05, 0.1) is 0 Å². The van der Waals surface area contributed by atoms with E-state index in [0.29, 0.717) is 0 Å². The second kappa shape index (κ2) is 5.30. The number of rotatable bonds is 4. The van der Waals surface area contributed by atoms with Crippen LogP contribution < -0.4 is 4.74 Å². The number of ether oxygens (including phenoxy) is 1. The van der Waals surface area contributed by atoms with Gasteiger partial charge in [-0.3, -0.25) is 4.79 Å². The van der Waals surface area contributed by atoms with Crippen molar-refractivity contribution in [3.63, 3.8) is 0 Å². The van der Waals surface area contributed by atoms with Crippen LogP contribution in [-0.2, 0) is 4.79 Å². The molecule has 0 fully saturated rings. The fourth-order valence-corrected chi connectivity index (χ4v) is 1.64. The molecule has 2 aromatic rings. The summed E-state index contributed by atoms with van der Waals surface area (Å²) in [5.41, 5.74) is 1.89. The van der Waals surface area contributed by atoms with Crippen molar-refractivity contribution in [2.45, 2.75) is 13.0 Å². The number of para-hydroxylation sites is 1. The lowest BCUT2D eigenvalue weighted by atomic mass is 10.1. The number of hydrogen-bond acceptors (Lipinski definition) is 2. The van der Waals surface area contributed by atoms with Gasteiger partial charge >= 0.3 is 0 Å². The molecule has 1 atom stereocenters. The SMILES string of the molecule is Cc1ccccc1OC(C=O)c1ccccc1. The smallest absolute Gasteiger partial charge is 0.179 e. The Hall–Kier alpha value is -2.09. The molecule has 0 aromatic heterocycles. The van der Waals surface area contributed by atoms with Gasteiger partial charge in [0.2, 0.25) is 0 Å². The number of aldehydes is 1. The van der Waals surface area contributed by atoms with Crippen molar-refractivity contribution in [1.29, 1.82) is 0 Å². The Morgan fingerprint density at radius 2 is 1.65 bits per heavy atom. The molecule has 0 N–H and O–H groups in total. The first-order valence-electron chi connectivity index (χ1n) is 5.54.